The number of carbonyl (C=O) groups excluding carboxylic acids is 1. The molecular formula is C23H22ClFN4O2. The number of nitrogens with zero attached hydrogens (tertiary/aromatic N) is 3. The lowest BCUT2D eigenvalue weighted by atomic mass is 9.94. The van der Waals surface area contributed by atoms with E-state index in [4.69, 9.17) is 16.1 Å². The number of halogens is 2. The van der Waals surface area contributed by atoms with Crippen LogP contribution in [0.5, 0.6) is 0 Å². The van der Waals surface area contributed by atoms with Crippen molar-refractivity contribution in [1.29, 1.82) is 0 Å². The molecule has 1 atom stereocenters. The van der Waals surface area contributed by atoms with Crippen LogP contribution < -0.4 is 5.32 Å². The molecule has 1 aliphatic rings. The quantitative estimate of drug-likeness (QED) is 0.523. The highest BCUT2D eigenvalue weighted by atomic mass is 35.5. The van der Waals surface area contributed by atoms with E-state index in [1.165, 1.54) is 12.1 Å². The second-order valence-electron chi connectivity index (χ2n) is 7.38. The zero-order chi connectivity index (χ0) is 22.0. The molecule has 8 heteroatoms. The number of hydrogen-bond donors (Lipinski definition) is 1. The maximum absolute atomic E-state index is 13.6. The van der Waals surface area contributed by atoms with Crippen molar-refractivity contribution in [2.24, 2.45) is 0 Å². The molecule has 4 rings (SSSR count). The summed E-state index contributed by atoms with van der Waals surface area (Å²) >= 11 is 6.20. The summed E-state index contributed by atoms with van der Waals surface area (Å²) in [6.07, 6.45) is 1.81. The first kappa shape index (κ1) is 21.1. The molecule has 1 unspecified atom stereocenters. The van der Waals surface area contributed by atoms with E-state index in [2.05, 4.69) is 22.4 Å². The van der Waals surface area contributed by atoms with E-state index < -0.39 is 6.04 Å². The van der Waals surface area contributed by atoms with Crippen LogP contribution in [0.2, 0.25) is 5.02 Å². The summed E-state index contributed by atoms with van der Waals surface area (Å²) in [5.41, 5.74) is 2.73. The highest BCUT2D eigenvalue weighted by Gasteiger charge is 2.35. The van der Waals surface area contributed by atoms with Crippen LogP contribution in [0.1, 0.15) is 44.2 Å². The van der Waals surface area contributed by atoms with Crippen molar-refractivity contribution in [3.63, 3.8) is 0 Å². The molecule has 2 aromatic carbocycles. The Morgan fingerprint density at radius 3 is 2.77 bits per heavy atom. The van der Waals surface area contributed by atoms with Crippen LogP contribution in [0.4, 0.5) is 9.18 Å². The molecule has 0 aliphatic carbocycles. The average Bonchev–Trinajstić information content (AvgIpc) is 3.23. The number of aromatic nitrogens is 2. The van der Waals surface area contributed by atoms with Gasteiger partial charge in [-0.2, -0.15) is 4.98 Å². The Morgan fingerprint density at radius 2 is 2.03 bits per heavy atom. The van der Waals surface area contributed by atoms with Crippen molar-refractivity contribution >= 4 is 23.2 Å². The topological polar surface area (TPSA) is 71.3 Å². The van der Waals surface area contributed by atoms with Gasteiger partial charge in [0.15, 0.2) is 0 Å². The van der Waals surface area contributed by atoms with Gasteiger partial charge in [0.25, 0.3) is 5.89 Å². The molecule has 3 aromatic rings. The van der Waals surface area contributed by atoms with Crippen molar-refractivity contribution in [3.05, 3.63) is 76.5 Å². The maximum Gasteiger partial charge on any atom is 0.322 e. The number of nitrogens with one attached hydrogen (secondary N) is 1. The van der Waals surface area contributed by atoms with Gasteiger partial charge in [0.05, 0.1) is 11.6 Å². The standard InChI is InChI=1S/C23H22ClFN4O2/c1-3-4-11-29-14(2)19(20(26-23(29)30)15-7-5-9-17(24)12-15)22-27-21(28-31-22)16-8-6-10-18(25)13-16/h5-10,12-13,20H,3-4,11H2,1-2H3,(H,26,30). The van der Waals surface area contributed by atoms with Crippen LogP contribution in [0.15, 0.2) is 58.8 Å². The average molecular weight is 441 g/mol. The lowest BCUT2D eigenvalue weighted by molar-refractivity contribution is 0.204. The Hall–Kier alpha value is -3.19. The van der Waals surface area contributed by atoms with Gasteiger partial charge < -0.3 is 9.84 Å². The van der Waals surface area contributed by atoms with E-state index in [1.807, 2.05) is 19.1 Å². The lowest BCUT2D eigenvalue weighted by Gasteiger charge is -2.35. The van der Waals surface area contributed by atoms with Gasteiger partial charge in [-0.25, -0.2) is 9.18 Å². The number of urea groups is 1. The Kier molecular flexibility index (Phi) is 6.04. The molecule has 0 saturated heterocycles. The third kappa shape index (κ3) is 4.32. The Labute approximate surface area is 184 Å². The number of unbranched alkanes of at least 4 members (excludes halogenated alkanes) is 1. The molecule has 0 radical (unpaired) electrons. The smallest absolute Gasteiger partial charge is 0.322 e. The monoisotopic (exact) mass is 440 g/mol. The van der Waals surface area contributed by atoms with Gasteiger partial charge in [-0.15, -0.1) is 0 Å². The molecular weight excluding hydrogens is 419 g/mol. The molecule has 0 spiro atoms. The van der Waals surface area contributed by atoms with Crippen molar-refractivity contribution in [3.8, 4) is 11.4 Å². The van der Waals surface area contributed by atoms with Gasteiger partial charge in [0.2, 0.25) is 5.82 Å². The molecule has 1 aromatic heterocycles. The Morgan fingerprint density at radius 1 is 1.23 bits per heavy atom. The zero-order valence-electron chi connectivity index (χ0n) is 17.2. The van der Waals surface area contributed by atoms with E-state index in [9.17, 15) is 9.18 Å². The number of hydrogen-bond acceptors (Lipinski definition) is 4. The Bertz CT molecular complexity index is 1140. The van der Waals surface area contributed by atoms with Crippen molar-refractivity contribution in [2.75, 3.05) is 6.54 Å². The highest BCUT2D eigenvalue weighted by Crippen LogP contribution is 2.38. The van der Waals surface area contributed by atoms with Gasteiger partial charge in [0, 0.05) is 22.8 Å². The van der Waals surface area contributed by atoms with Crippen LogP contribution in [0, 0.1) is 5.82 Å². The van der Waals surface area contributed by atoms with Gasteiger partial charge in [-0.05, 0) is 43.2 Å². The van der Waals surface area contributed by atoms with Gasteiger partial charge in [-0.1, -0.05) is 54.4 Å². The van der Waals surface area contributed by atoms with Gasteiger partial charge in [0.1, 0.15) is 5.82 Å². The Balaban J connectivity index is 1.81. The van der Waals surface area contributed by atoms with Gasteiger partial charge in [-0.3, -0.25) is 4.90 Å². The summed E-state index contributed by atoms with van der Waals surface area (Å²) in [7, 11) is 0. The summed E-state index contributed by atoms with van der Waals surface area (Å²) in [5, 5.41) is 7.64. The summed E-state index contributed by atoms with van der Waals surface area (Å²) in [5.74, 6) is 0.159. The fourth-order valence-corrected chi connectivity index (χ4v) is 3.86. The SMILES string of the molecule is CCCCN1C(=O)NC(c2cccc(Cl)c2)C(c2nc(-c3cccc(F)c3)no2)=C1C. The van der Waals surface area contributed by atoms with Crippen LogP contribution in [-0.4, -0.2) is 27.6 Å². The van der Waals surface area contributed by atoms with E-state index in [0.29, 0.717) is 22.7 Å². The summed E-state index contributed by atoms with van der Waals surface area (Å²) in [6.45, 7) is 4.51. The first-order valence-electron chi connectivity index (χ1n) is 10.1. The molecule has 0 bridgehead atoms. The summed E-state index contributed by atoms with van der Waals surface area (Å²) < 4.78 is 19.2. The predicted molar refractivity (Wildman–Crippen MR) is 117 cm³/mol. The molecule has 1 N–H and O–H groups in total. The molecule has 0 fully saturated rings. The first-order valence-corrected chi connectivity index (χ1v) is 10.5. The molecule has 160 valence electrons. The van der Waals surface area contributed by atoms with Crippen LogP contribution in [0.3, 0.4) is 0 Å². The third-order valence-corrected chi connectivity index (χ3v) is 5.49. The first-order chi connectivity index (χ1) is 15.0. The minimum absolute atomic E-state index is 0.190. The van der Waals surface area contributed by atoms with Crippen LogP contribution in [0.25, 0.3) is 17.0 Å². The number of carbonyl (C=O) groups is 1. The van der Waals surface area contributed by atoms with Gasteiger partial charge >= 0.3 is 6.03 Å². The molecule has 1 aliphatic heterocycles. The summed E-state index contributed by atoms with van der Waals surface area (Å²) in [4.78, 5) is 19.1. The number of amides is 2. The zero-order valence-corrected chi connectivity index (χ0v) is 18.0. The minimum atomic E-state index is -0.509. The van der Waals surface area contributed by atoms with E-state index >= 15 is 0 Å². The molecule has 2 heterocycles. The molecule has 6 nitrogen and oxygen atoms in total. The number of rotatable bonds is 6. The van der Waals surface area contributed by atoms with Crippen LogP contribution in [-0.2, 0) is 0 Å². The molecule has 31 heavy (non-hydrogen) atoms. The van der Waals surface area contributed by atoms with Crippen molar-refractivity contribution in [1.82, 2.24) is 20.4 Å². The van der Waals surface area contributed by atoms with E-state index in [1.54, 1.807) is 29.2 Å². The number of benzene rings is 2. The highest BCUT2D eigenvalue weighted by molar-refractivity contribution is 6.30. The van der Waals surface area contributed by atoms with E-state index in [-0.39, 0.29) is 23.6 Å². The maximum atomic E-state index is 13.6. The fourth-order valence-electron chi connectivity index (χ4n) is 3.66. The van der Waals surface area contributed by atoms with Crippen LogP contribution >= 0.6 is 11.6 Å². The fraction of sp³-hybridized carbons (Fsp3) is 0.261. The third-order valence-electron chi connectivity index (χ3n) is 5.25. The summed E-state index contributed by atoms with van der Waals surface area (Å²) in [6, 6.07) is 12.6. The number of allylic oxidation sites excluding steroid dienone is 1. The van der Waals surface area contributed by atoms with E-state index in [0.717, 1.165) is 24.1 Å². The van der Waals surface area contributed by atoms with Crippen molar-refractivity contribution in [2.45, 2.75) is 32.7 Å². The van der Waals surface area contributed by atoms with Crippen molar-refractivity contribution < 1.29 is 13.7 Å². The molecule has 0 saturated carbocycles. The second-order valence-corrected chi connectivity index (χ2v) is 7.81. The normalized spacial score (nSPS) is 16.6. The second kappa shape index (κ2) is 8.89. The predicted octanol–water partition coefficient (Wildman–Crippen LogP) is 5.83. The molecule has 2 amide bonds. The lowest BCUT2D eigenvalue weighted by Crippen LogP contribution is -2.46. The minimum Gasteiger partial charge on any atom is -0.334 e. The largest absolute Gasteiger partial charge is 0.334 e.